The van der Waals surface area contributed by atoms with Crippen molar-refractivity contribution in [2.45, 2.75) is 46.6 Å². The summed E-state index contributed by atoms with van der Waals surface area (Å²) in [5.74, 6) is -1.90. The molecule has 2 amide bonds. The Kier molecular flexibility index (Phi) is 11.0. The number of likely N-dealkylation sites (N-methyl/N-ethyl adjacent to an activating group) is 1. The fraction of sp³-hybridized carbons (Fsp3) is 0.667. The van der Waals surface area contributed by atoms with Crippen LogP contribution in [0.1, 0.15) is 40.5 Å². The number of ketones is 4. The molecule has 0 heterocycles. The van der Waals surface area contributed by atoms with E-state index in [1.807, 2.05) is 0 Å². The van der Waals surface area contributed by atoms with Crippen LogP contribution in [0.15, 0.2) is 0 Å². The molecule has 0 rings (SSSR count). The van der Waals surface area contributed by atoms with E-state index in [4.69, 9.17) is 0 Å². The number of nitrogens with zero attached hydrogens (tertiary/aromatic N) is 2. The van der Waals surface area contributed by atoms with Crippen LogP contribution in [-0.2, 0) is 28.8 Å². The summed E-state index contributed by atoms with van der Waals surface area (Å²) in [7, 11) is 1.54. The molecular formula is C18H29N3O6. The molecule has 1 unspecified atom stereocenters. The van der Waals surface area contributed by atoms with E-state index in [1.54, 1.807) is 0 Å². The molecule has 0 spiro atoms. The van der Waals surface area contributed by atoms with E-state index in [1.165, 1.54) is 34.7 Å². The summed E-state index contributed by atoms with van der Waals surface area (Å²) in [6.45, 7) is 4.56. The zero-order chi connectivity index (χ0) is 21.1. The highest BCUT2D eigenvalue weighted by atomic mass is 16.2. The summed E-state index contributed by atoms with van der Waals surface area (Å²) < 4.78 is 0. The molecule has 0 saturated heterocycles. The van der Waals surface area contributed by atoms with Crippen molar-refractivity contribution in [2.75, 3.05) is 33.2 Å². The molecule has 0 aromatic carbocycles. The van der Waals surface area contributed by atoms with Crippen LogP contribution >= 0.6 is 0 Å². The summed E-state index contributed by atoms with van der Waals surface area (Å²) in [5, 5.41) is 2.79. The van der Waals surface area contributed by atoms with Crippen molar-refractivity contribution in [3.8, 4) is 0 Å². The number of amides is 2. The van der Waals surface area contributed by atoms with Gasteiger partial charge in [0.1, 0.15) is 23.1 Å². The van der Waals surface area contributed by atoms with E-state index in [0.29, 0.717) is 0 Å². The average molecular weight is 383 g/mol. The van der Waals surface area contributed by atoms with Gasteiger partial charge in [-0.3, -0.25) is 28.8 Å². The zero-order valence-electron chi connectivity index (χ0n) is 16.7. The molecule has 0 aliphatic heterocycles. The SMILES string of the molecule is CNC(CCC(=O)N(CC(C)=O)CC(C)=O)C(=O)N(CC(C)=O)CC(C)=O. The smallest absolute Gasteiger partial charge is 0.240 e. The van der Waals surface area contributed by atoms with Gasteiger partial charge in [-0.1, -0.05) is 0 Å². The molecule has 152 valence electrons. The quantitative estimate of drug-likeness (QED) is 0.449. The van der Waals surface area contributed by atoms with Crippen LogP contribution in [0.5, 0.6) is 0 Å². The monoisotopic (exact) mass is 383 g/mol. The van der Waals surface area contributed by atoms with Gasteiger partial charge in [0.05, 0.1) is 32.2 Å². The lowest BCUT2D eigenvalue weighted by Gasteiger charge is -2.26. The molecule has 0 aliphatic rings. The first kappa shape index (κ1) is 24.6. The predicted octanol–water partition coefficient (Wildman–Crippen LogP) is -0.632. The number of nitrogens with one attached hydrogen (secondary N) is 1. The molecule has 9 nitrogen and oxygen atoms in total. The van der Waals surface area contributed by atoms with Gasteiger partial charge < -0.3 is 15.1 Å². The van der Waals surface area contributed by atoms with Crippen LogP contribution in [0.4, 0.5) is 0 Å². The largest absolute Gasteiger partial charge is 0.328 e. The van der Waals surface area contributed by atoms with Crippen molar-refractivity contribution in [1.29, 1.82) is 0 Å². The van der Waals surface area contributed by atoms with Crippen molar-refractivity contribution in [1.82, 2.24) is 15.1 Å². The lowest BCUT2D eigenvalue weighted by molar-refractivity contribution is -0.140. The van der Waals surface area contributed by atoms with E-state index >= 15 is 0 Å². The van der Waals surface area contributed by atoms with Crippen LogP contribution < -0.4 is 5.32 Å². The number of hydrogen-bond donors (Lipinski definition) is 1. The Morgan fingerprint density at radius 3 is 1.41 bits per heavy atom. The third-order valence-corrected chi connectivity index (χ3v) is 3.61. The standard InChI is InChI=1S/C18H29N3O6/c1-12(22)8-20(9-13(2)23)17(26)7-6-16(19-5)18(27)21(10-14(3)24)11-15(4)25/h16,19H,6-11H2,1-5H3. The Balaban J connectivity index is 5.05. The van der Waals surface area contributed by atoms with Crippen molar-refractivity contribution in [3.63, 3.8) is 0 Å². The van der Waals surface area contributed by atoms with Gasteiger partial charge in [0.15, 0.2) is 0 Å². The van der Waals surface area contributed by atoms with E-state index in [9.17, 15) is 28.8 Å². The lowest BCUT2D eigenvalue weighted by Crippen LogP contribution is -2.49. The molecule has 0 aromatic heterocycles. The number of rotatable bonds is 13. The van der Waals surface area contributed by atoms with Gasteiger partial charge in [-0.15, -0.1) is 0 Å². The predicted molar refractivity (Wildman–Crippen MR) is 98.0 cm³/mol. The topological polar surface area (TPSA) is 121 Å². The Bertz CT molecular complexity index is 570. The Morgan fingerprint density at radius 2 is 1.07 bits per heavy atom. The Labute approximate surface area is 159 Å². The van der Waals surface area contributed by atoms with Crippen molar-refractivity contribution < 1.29 is 28.8 Å². The van der Waals surface area contributed by atoms with Gasteiger partial charge in [0.25, 0.3) is 0 Å². The second-order valence-electron chi connectivity index (χ2n) is 6.63. The summed E-state index contributed by atoms with van der Waals surface area (Å²) in [6, 6.07) is -0.774. The molecule has 0 saturated carbocycles. The highest BCUT2D eigenvalue weighted by molar-refractivity contribution is 5.92. The molecule has 1 N–H and O–H groups in total. The van der Waals surface area contributed by atoms with Crippen LogP contribution in [0, 0.1) is 0 Å². The summed E-state index contributed by atoms with van der Waals surface area (Å²) in [6.07, 6.45) is 0.0403. The molecule has 0 bridgehead atoms. The molecule has 0 radical (unpaired) electrons. The van der Waals surface area contributed by atoms with E-state index in [2.05, 4.69) is 5.32 Å². The maximum Gasteiger partial charge on any atom is 0.240 e. The molecule has 0 fully saturated rings. The van der Waals surface area contributed by atoms with Gasteiger partial charge >= 0.3 is 0 Å². The lowest BCUT2D eigenvalue weighted by atomic mass is 10.1. The number of Topliss-reactive ketones (excluding diaryl/α,β-unsaturated/α-hetero) is 4. The molecule has 27 heavy (non-hydrogen) atoms. The van der Waals surface area contributed by atoms with Gasteiger partial charge in [0.2, 0.25) is 11.8 Å². The molecule has 0 aromatic rings. The second-order valence-corrected chi connectivity index (χ2v) is 6.63. The number of hydrogen-bond acceptors (Lipinski definition) is 7. The Hall–Kier alpha value is -2.42. The third kappa shape index (κ3) is 10.3. The van der Waals surface area contributed by atoms with E-state index in [-0.39, 0.29) is 62.2 Å². The summed E-state index contributed by atoms with van der Waals surface area (Å²) in [5.41, 5.74) is 0. The fourth-order valence-corrected chi connectivity index (χ4v) is 2.56. The minimum Gasteiger partial charge on any atom is -0.328 e. The maximum absolute atomic E-state index is 12.6. The molecule has 9 heteroatoms. The van der Waals surface area contributed by atoms with Crippen LogP contribution in [0.25, 0.3) is 0 Å². The fourth-order valence-electron chi connectivity index (χ4n) is 2.56. The van der Waals surface area contributed by atoms with Gasteiger partial charge in [-0.25, -0.2) is 0 Å². The first-order valence-electron chi connectivity index (χ1n) is 8.69. The average Bonchev–Trinajstić information content (AvgIpc) is 2.51. The van der Waals surface area contributed by atoms with Crippen LogP contribution in [0.3, 0.4) is 0 Å². The second kappa shape index (κ2) is 12.1. The first-order valence-corrected chi connectivity index (χ1v) is 8.69. The normalized spacial score (nSPS) is 11.4. The van der Waals surface area contributed by atoms with E-state index < -0.39 is 17.9 Å². The van der Waals surface area contributed by atoms with Gasteiger partial charge in [-0.2, -0.15) is 0 Å². The first-order chi connectivity index (χ1) is 12.5. The van der Waals surface area contributed by atoms with E-state index in [0.717, 1.165) is 9.80 Å². The van der Waals surface area contributed by atoms with Crippen molar-refractivity contribution in [2.24, 2.45) is 0 Å². The molecule has 1 atom stereocenters. The summed E-state index contributed by atoms with van der Waals surface area (Å²) in [4.78, 5) is 72.6. The van der Waals surface area contributed by atoms with Crippen LogP contribution in [0.2, 0.25) is 0 Å². The van der Waals surface area contributed by atoms with Gasteiger partial charge in [0, 0.05) is 6.42 Å². The highest BCUT2D eigenvalue weighted by Gasteiger charge is 2.26. The highest BCUT2D eigenvalue weighted by Crippen LogP contribution is 2.07. The molecule has 0 aliphatic carbocycles. The minimum absolute atomic E-state index is 0.0637. The minimum atomic E-state index is -0.774. The van der Waals surface area contributed by atoms with Crippen LogP contribution in [-0.4, -0.2) is 84.0 Å². The van der Waals surface area contributed by atoms with Crippen molar-refractivity contribution >= 4 is 34.9 Å². The molecular weight excluding hydrogens is 354 g/mol. The van der Waals surface area contributed by atoms with Crippen molar-refractivity contribution in [3.05, 3.63) is 0 Å². The third-order valence-electron chi connectivity index (χ3n) is 3.61. The summed E-state index contributed by atoms with van der Waals surface area (Å²) >= 11 is 0. The Morgan fingerprint density at radius 1 is 0.704 bits per heavy atom. The van der Waals surface area contributed by atoms with Gasteiger partial charge in [-0.05, 0) is 41.2 Å². The number of carbonyl (C=O) groups is 6. The maximum atomic E-state index is 12.6. The zero-order valence-corrected chi connectivity index (χ0v) is 16.7. The number of carbonyl (C=O) groups excluding carboxylic acids is 6.